The van der Waals surface area contributed by atoms with E-state index in [0.29, 0.717) is 23.3 Å². The Morgan fingerprint density at radius 2 is 2.25 bits per heavy atom. The van der Waals surface area contributed by atoms with Crippen LogP contribution in [0.15, 0.2) is 44.7 Å². The summed E-state index contributed by atoms with van der Waals surface area (Å²) in [5, 5.41) is 9.82. The molecule has 0 radical (unpaired) electrons. The van der Waals surface area contributed by atoms with Crippen LogP contribution in [-0.4, -0.2) is 10.1 Å². The molecule has 0 bridgehead atoms. The largest absolute Gasteiger partial charge is 0.376 e. The van der Waals surface area contributed by atoms with Crippen LogP contribution in [0, 0.1) is 0 Å². The molecule has 2 heterocycles. The lowest BCUT2D eigenvalue weighted by atomic mass is 10.3. The average molecular weight is 371 g/mol. The van der Waals surface area contributed by atoms with Crippen LogP contribution < -0.4 is 5.32 Å². The van der Waals surface area contributed by atoms with Crippen molar-refractivity contribution in [3.8, 4) is 10.7 Å². The number of anilines is 1. The summed E-state index contributed by atoms with van der Waals surface area (Å²) in [6.07, 6.45) is 0. The van der Waals surface area contributed by atoms with Crippen LogP contribution in [0.3, 0.4) is 0 Å². The van der Waals surface area contributed by atoms with Gasteiger partial charge in [-0.2, -0.15) is 4.98 Å². The minimum Gasteiger partial charge on any atom is -0.376 e. The van der Waals surface area contributed by atoms with Gasteiger partial charge in [-0.05, 0) is 40.2 Å². The van der Waals surface area contributed by atoms with Crippen LogP contribution >= 0.6 is 38.9 Å². The minimum absolute atomic E-state index is 0.458. The molecule has 4 nitrogen and oxygen atoms in total. The van der Waals surface area contributed by atoms with Crippen LogP contribution in [0.25, 0.3) is 10.7 Å². The van der Waals surface area contributed by atoms with Gasteiger partial charge >= 0.3 is 0 Å². The Hall–Kier alpha value is -1.37. The number of nitrogens with one attached hydrogen (secondary N) is 1. The van der Waals surface area contributed by atoms with Crippen LogP contribution in [0.4, 0.5) is 5.69 Å². The standard InChI is InChI=1S/C13H9BrClN3OS/c14-8-4-11(20-7-8)13-17-12(19-18-13)6-16-10-3-1-2-9(15)5-10/h1-5,7,16H,6H2. The number of rotatable bonds is 4. The van der Waals surface area contributed by atoms with Crippen molar-refractivity contribution in [2.45, 2.75) is 6.54 Å². The molecule has 0 saturated carbocycles. The van der Waals surface area contributed by atoms with E-state index in [1.807, 2.05) is 35.7 Å². The van der Waals surface area contributed by atoms with E-state index in [2.05, 4.69) is 31.4 Å². The quantitative estimate of drug-likeness (QED) is 0.715. The Morgan fingerprint density at radius 1 is 1.35 bits per heavy atom. The lowest BCUT2D eigenvalue weighted by Gasteiger charge is -2.02. The van der Waals surface area contributed by atoms with E-state index >= 15 is 0 Å². The maximum absolute atomic E-state index is 5.92. The van der Waals surface area contributed by atoms with E-state index < -0.39 is 0 Å². The first-order valence-corrected chi connectivity index (χ1v) is 7.82. The highest BCUT2D eigenvalue weighted by molar-refractivity contribution is 9.10. The Balaban J connectivity index is 1.68. The molecule has 0 aliphatic heterocycles. The fourth-order valence-electron chi connectivity index (χ4n) is 1.63. The lowest BCUT2D eigenvalue weighted by molar-refractivity contribution is 0.384. The predicted molar refractivity (Wildman–Crippen MR) is 84.1 cm³/mol. The van der Waals surface area contributed by atoms with Gasteiger partial charge in [-0.3, -0.25) is 0 Å². The molecule has 0 spiro atoms. The molecule has 102 valence electrons. The molecular weight excluding hydrogens is 362 g/mol. The van der Waals surface area contributed by atoms with Crippen molar-refractivity contribution < 1.29 is 4.52 Å². The summed E-state index contributed by atoms with van der Waals surface area (Å²) in [6, 6.07) is 9.44. The highest BCUT2D eigenvalue weighted by Gasteiger charge is 2.10. The van der Waals surface area contributed by atoms with Gasteiger partial charge in [0.25, 0.3) is 0 Å². The summed E-state index contributed by atoms with van der Waals surface area (Å²) in [5.41, 5.74) is 0.913. The molecule has 0 aliphatic carbocycles. The monoisotopic (exact) mass is 369 g/mol. The summed E-state index contributed by atoms with van der Waals surface area (Å²) in [5.74, 6) is 1.13. The Bertz CT molecular complexity index is 728. The molecule has 0 amide bonds. The molecule has 0 fully saturated rings. The van der Waals surface area contributed by atoms with Crippen molar-refractivity contribution in [1.82, 2.24) is 10.1 Å². The number of hydrogen-bond acceptors (Lipinski definition) is 5. The first kappa shape index (κ1) is 13.6. The molecule has 0 aliphatic rings. The predicted octanol–water partition coefficient (Wildman–Crippen LogP) is 4.83. The van der Waals surface area contributed by atoms with Gasteiger partial charge in [0.15, 0.2) is 0 Å². The van der Waals surface area contributed by atoms with Gasteiger partial charge in [0.05, 0.1) is 11.4 Å². The highest BCUT2D eigenvalue weighted by atomic mass is 79.9. The zero-order valence-corrected chi connectivity index (χ0v) is 13.3. The van der Waals surface area contributed by atoms with Crippen LogP contribution in [-0.2, 0) is 6.54 Å². The average Bonchev–Trinajstić information content (AvgIpc) is 3.05. The summed E-state index contributed by atoms with van der Waals surface area (Å²) < 4.78 is 6.23. The SMILES string of the molecule is Clc1cccc(NCc2nc(-c3cc(Br)cs3)no2)c1. The number of hydrogen-bond donors (Lipinski definition) is 1. The Morgan fingerprint density at radius 3 is 3.00 bits per heavy atom. The number of halogens is 2. The molecule has 7 heteroatoms. The van der Waals surface area contributed by atoms with Gasteiger partial charge in [-0.15, -0.1) is 11.3 Å². The molecule has 0 saturated heterocycles. The van der Waals surface area contributed by atoms with Crippen LogP contribution in [0.1, 0.15) is 5.89 Å². The topological polar surface area (TPSA) is 51.0 Å². The van der Waals surface area contributed by atoms with Gasteiger partial charge in [0.2, 0.25) is 11.7 Å². The zero-order chi connectivity index (χ0) is 13.9. The Labute approximate surface area is 132 Å². The maximum Gasteiger partial charge on any atom is 0.246 e. The fourth-order valence-corrected chi connectivity index (χ4v) is 3.18. The van der Waals surface area contributed by atoms with Gasteiger partial charge in [-0.1, -0.05) is 22.8 Å². The van der Waals surface area contributed by atoms with Crippen molar-refractivity contribution >= 4 is 44.6 Å². The first-order chi connectivity index (χ1) is 9.70. The van der Waals surface area contributed by atoms with E-state index in [-0.39, 0.29) is 0 Å². The summed E-state index contributed by atoms with van der Waals surface area (Å²) in [7, 11) is 0. The molecule has 3 rings (SSSR count). The molecule has 1 N–H and O–H groups in total. The van der Waals surface area contributed by atoms with Crippen molar-refractivity contribution in [2.24, 2.45) is 0 Å². The smallest absolute Gasteiger partial charge is 0.246 e. The third kappa shape index (κ3) is 3.20. The molecule has 20 heavy (non-hydrogen) atoms. The molecule has 2 aromatic heterocycles. The first-order valence-electron chi connectivity index (χ1n) is 5.77. The normalized spacial score (nSPS) is 10.7. The molecule has 0 unspecified atom stereocenters. The molecular formula is C13H9BrClN3OS. The second-order valence-electron chi connectivity index (χ2n) is 4.00. The van der Waals surface area contributed by atoms with Crippen LogP contribution in [0.5, 0.6) is 0 Å². The molecule has 1 aromatic carbocycles. The highest BCUT2D eigenvalue weighted by Crippen LogP contribution is 2.27. The fraction of sp³-hybridized carbons (Fsp3) is 0.0769. The lowest BCUT2D eigenvalue weighted by Crippen LogP contribution is -1.99. The van der Waals surface area contributed by atoms with Crippen molar-refractivity contribution in [3.63, 3.8) is 0 Å². The molecule has 0 atom stereocenters. The number of thiophene rings is 1. The summed E-state index contributed by atoms with van der Waals surface area (Å²) in [4.78, 5) is 5.31. The van der Waals surface area contributed by atoms with Gasteiger partial charge in [-0.25, -0.2) is 0 Å². The van der Waals surface area contributed by atoms with Crippen molar-refractivity contribution in [2.75, 3.05) is 5.32 Å². The number of benzene rings is 1. The second kappa shape index (κ2) is 5.95. The van der Waals surface area contributed by atoms with Gasteiger partial charge < -0.3 is 9.84 Å². The van der Waals surface area contributed by atoms with E-state index in [1.54, 1.807) is 11.3 Å². The van der Waals surface area contributed by atoms with E-state index in [4.69, 9.17) is 16.1 Å². The second-order valence-corrected chi connectivity index (χ2v) is 6.27. The number of nitrogens with zero attached hydrogens (tertiary/aromatic N) is 2. The van der Waals surface area contributed by atoms with E-state index in [1.165, 1.54) is 0 Å². The van der Waals surface area contributed by atoms with Gasteiger partial charge in [0, 0.05) is 20.6 Å². The minimum atomic E-state index is 0.458. The van der Waals surface area contributed by atoms with Crippen molar-refractivity contribution in [3.05, 3.63) is 51.1 Å². The zero-order valence-electron chi connectivity index (χ0n) is 10.1. The van der Waals surface area contributed by atoms with Gasteiger partial charge in [0.1, 0.15) is 0 Å². The van der Waals surface area contributed by atoms with Crippen LogP contribution in [0.2, 0.25) is 5.02 Å². The third-order valence-electron chi connectivity index (χ3n) is 2.52. The number of aromatic nitrogens is 2. The Kier molecular flexibility index (Phi) is 4.05. The summed E-state index contributed by atoms with van der Waals surface area (Å²) in [6.45, 7) is 0.458. The van der Waals surface area contributed by atoms with Crippen molar-refractivity contribution in [1.29, 1.82) is 0 Å². The maximum atomic E-state index is 5.92. The summed E-state index contributed by atoms with van der Waals surface area (Å²) >= 11 is 10.9. The van der Waals surface area contributed by atoms with E-state index in [0.717, 1.165) is 15.0 Å². The third-order valence-corrected chi connectivity index (χ3v) is 4.45. The van der Waals surface area contributed by atoms with E-state index in [9.17, 15) is 0 Å². The molecule has 3 aromatic rings.